The molecule has 2 atom stereocenters. The maximum atomic E-state index is 12.1. The fourth-order valence-electron chi connectivity index (χ4n) is 3.82. The number of aromatic nitrogens is 4. The van der Waals surface area contributed by atoms with Gasteiger partial charge in [-0.25, -0.2) is 4.79 Å². The van der Waals surface area contributed by atoms with Crippen LogP contribution in [0.2, 0.25) is 0 Å². The molecule has 3 heterocycles. The zero-order chi connectivity index (χ0) is 21.3. The van der Waals surface area contributed by atoms with Crippen LogP contribution >= 0.6 is 0 Å². The number of hydrogen-bond donors (Lipinski definition) is 1. The number of amides is 1. The van der Waals surface area contributed by atoms with E-state index in [4.69, 9.17) is 9.84 Å². The molecule has 8 nitrogen and oxygen atoms in total. The Hall–Kier alpha value is -3.16. The average Bonchev–Trinajstić information content (AvgIpc) is 3.10. The fourth-order valence-corrected chi connectivity index (χ4v) is 3.82. The van der Waals surface area contributed by atoms with Crippen molar-refractivity contribution in [2.75, 3.05) is 11.4 Å². The number of anilines is 1. The SMILES string of the molecule is CC1CC(NC(=O)OC(C)(C)C)CCN1c1ccc2nnc(-c3ccccc3)n2n1. The van der Waals surface area contributed by atoms with Crippen molar-refractivity contribution in [1.82, 2.24) is 25.1 Å². The number of ether oxygens (including phenoxy) is 1. The Balaban J connectivity index is 1.49. The van der Waals surface area contributed by atoms with Crippen LogP contribution < -0.4 is 10.2 Å². The smallest absolute Gasteiger partial charge is 0.407 e. The molecule has 1 aliphatic rings. The van der Waals surface area contributed by atoms with Crippen molar-refractivity contribution in [1.29, 1.82) is 0 Å². The summed E-state index contributed by atoms with van der Waals surface area (Å²) < 4.78 is 7.18. The summed E-state index contributed by atoms with van der Waals surface area (Å²) in [4.78, 5) is 14.4. The minimum atomic E-state index is -0.495. The Bertz CT molecular complexity index is 1030. The highest BCUT2D eigenvalue weighted by Gasteiger charge is 2.29. The summed E-state index contributed by atoms with van der Waals surface area (Å²) in [6.45, 7) is 8.55. The summed E-state index contributed by atoms with van der Waals surface area (Å²) >= 11 is 0. The van der Waals surface area contributed by atoms with E-state index < -0.39 is 5.60 Å². The molecule has 1 N–H and O–H groups in total. The molecular formula is C22H28N6O2. The van der Waals surface area contributed by atoms with Gasteiger partial charge in [0, 0.05) is 24.2 Å². The number of piperidine rings is 1. The van der Waals surface area contributed by atoms with E-state index in [0.29, 0.717) is 5.65 Å². The molecule has 0 saturated carbocycles. The third kappa shape index (κ3) is 4.37. The highest BCUT2D eigenvalue weighted by atomic mass is 16.6. The Kier molecular flexibility index (Phi) is 5.32. The van der Waals surface area contributed by atoms with Gasteiger partial charge < -0.3 is 15.0 Å². The van der Waals surface area contributed by atoms with E-state index in [9.17, 15) is 4.79 Å². The number of nitrogens with one attached hydrogen (secondary N) is 1. The number of alkyl carbamates (subject to hydrolysis) is 1. The van der Waals surface area contributed by atoms with Crippen LogP contribution in [-0.2, 0) is 4.74 Å². The Morgan fingerprint density at radius 3 is 2.60 bits per heavy atom. The van der Waals surface area contributed by atoms with Gasteiger partial charge in [0.1, 0.15) is 11.4 Å². The maximum Gasteiger partial charge on any atom is 0.407 e. The molecule has 0 spiro atoms. The lowest BCUT2D eigenvalue weighted by Crippen LogP contribution is -2.50. The predicted octanol–water partition coefficient (Wildman–Crippen LogP) is 3.67. The molecule has 158 valence electrons. The number of nitrogens with zero attached hydrogens (tertiary/aromatic N) is 5. The van der Waals surface area contributed by atoms with Crippen molar-refractivity contribution in [3.8, 4) is 11.4 Å². The van der Waals surface area contributed by atoms with Gasteiger partial charge >= 0.3 is 6.09 Å². The van der Waals surface area contributed by atoms with Crippen molar-refractivity contribution in [3.05, 3.63) is 42.5 Å². The standard InChI is InChI=1S/C22H28N6O2/c1-15-14-17(23-21(29)30-22(2,3)4)12-13-27(15)19-11-10-18-24-25-20(28(18)26-19)16-8-6-5-7-9-16/h5-11,15,17H,12-14H2,1-4H3,(H,23,29). The van der Waals surface area contributed by atoms with E-state index in [1.165, 1.54) is 0 Å². The van der Waals surface area contributed by atoms with Crippen LogP contribution in [0.15, 0.2) is 42.5 Å². The molecule has 2 aromatic heterocycles. The Labute approximate surface area is 176 Å². The normalized spacial score (nSPS) is 19.7. The van der Waals surface area contributed by atoms with E-state index in [-0.39, 0.29) is 18.2 Å². The lowest BCUT2D eigenvalue weighted by molar-refractivity contribution is 0.0494. The lowest BCUT2D eigenvalue weighted by atomic mass is 9.98. The molecule has 1 aromatic carbocycles. The number of fused-ring (bicyclic) bond motifs is 1. The van der Waals surface area contributed by atoms with Crippen molar-refractivity contribution in [2.24, 2.45) is 0 Å². The van der Waals surface area contributed by atoms with Crippen LogP contribution in [-0.4, -0.2) is 50.1 Å². The first-order valence-corrected chi connectivity index (χ1v) is 10.3. The van der Waals surface area contributed by atoms with E-state index in [1.54, 1.807) is 4.52 Å². The molecule has 0 radical (unpaired) electrons. The molecule has 1 aliphatic heterocycles. The molecule has 0 bridgehead atoms. The zero-order valence-electron chi connectivity index (χ0n) is 17.9. The molecular weight excluding hydrogens is 380 g/mol. The minimum Gasteiger partial charge on any atom is -0.444 e. The zero-order valence-corrected chi connectivity index (χ0v) is 17.9. The molecule has 1 fully saturated rings. The van der Waals surface area contributed by atoms with E-state index >= 15 is 0 Å². The summed E-state index contributed by atoms with van der Waals surface area (Å²) in [7, 11) is 0. The van der Waals surface area contributed by atoms with Gasteiger partial charge in [-0.15, -0.1) is 15.3 Å². The number of carbonyl (C=O) groups is 1. The van der Waals surface area contributed by atoms with Crippen molar-refractivity contribution < 1.29 is 9.53 Å². The van der Waals surface area contributed by atoms with Crippen molar-refractivity contribution in [3.63, 3.8) is 0 Å². The summed E-state index contributed by atoms with van der Waals surface area (Å²) in [5.74, 6) is 1.60. The van der Waals surface area contributed by atoms with Crippen LogP contribution in [0, 0.1) is 0 Å². The highest BCUT2D eigenvalue weighted by molar-refractivity contribution is 5.68. The minimum absolute atomic E-state index is 0.0876. The fraction of sp³-hybridized carbons (Fsp3) is 0.455. The summed E-state index contributed by atoms with van der Waals surface area (Å²) in [6.07, 6.45) is 1.30. The van der Waals surface area contributed by atoms with E-state index in [2.05, 4.69) is 27.3 Å². The maximum absolute atomic E-state index is 12.1. The second-order valence-electron chi connectivity index (χ2n) is 8.76. The molecule has 4 rings (SSSR count). The van der Waals surface area contributed by atoms with Crippen LogP contribution in [0.5, 0.6) is 0 Å². The Morgan fingerprint density at radius 2 is 1.90 bits per heavy atom. The summed E-state index contributed by atoms with van der Waals surface area (Å²) in [5.41, 5.74) is 1.19. The average molecular weight is 409 g/mol. The van der Waals surface area contributed by atoms with Gasteiger partial charge in [-0.3, -0.25) is 0 Å². The topological polar surface area (TPSA) is 84.6 Å². The van der Waals surface area contributed by atoms with Gasteiger partial charge in [0.25, 0.3) is 0 Å². The van der Waals surface area contributed by atoms with Crippen LogP contribution in [0.1, 0.15) is 40.5 Å². The van der Waals surface area contributed by atoms with Crippen molar-refractivity contribution in [2.45, 2.75) is 58.2 Å². The summed E-state index contributed by atoms with van der Waals surface area (Å²) in [6, 6.07) is 14.2. The van der Waals surface area contributed by atoms with Gasteiger partial charge in [0.05, 0.1) is 0 Å². The first-order chi connectivity index (χ1) is 14.3. The molecule has 2 unspecified atom stereocenters. The summed E-state index contributed by atoms with van der Waals surface area (Å²) in [5, 5.41) is 16.4. The molecule has 1 amide bonds. The predicted molar refractivity (Wildman–Crippen MR) is 115 cm³/mol. The van der Waals surface area contributed by atoms with Gasteiger partial charge in [-0.2, -0.15) is 4.52 Å². The number of benzene rings is 1. The van der Waals surface area contributed by atoms with E-state index in [1.807, 2.05) is 63.2 Å². The Morgan fingerprint density at radius 1 is 1.13 bits per heavy atom. The number of carbonyl (C=O) groups excluding carboxylic acids is 1. The molecule has 3 aromatic rings. The first-order valence-electron chi connectivity index (χ1n) is 10.3. The largest absolute Gasteiger partial charge is 0.444 e. The second kappa shape index (κ2) is 7.93. The van der Waals surface area contributed by atoms with Crippen molar-refractivity contribution >= 4 is 17.6 Å². The monoisotopic (exact) mass is 408 g/mol. The van der Waals surface area contributed by atoms with Gasteiger partial charge in [0.15, 0.2) is 11.5 Å². The molecule has 0 aliphatic carbocycles. The lowest BCUT2D eigenvalue weighted by Gasteiger charge is -2.38. The third-order valence-corrected chi connectivity index (χ3v) is 5.17. The number of rotatable bonds is 3. The third-order valence-electron chi connectivity index (χ3n) is 5.17. The van der Waals surface area contributed by atoms with Gasteiger partial charge in [-0.1, -0.05) is 30.3 Å². The first kappa shape index (κ1) is 20.1. The van der Waals surface area contributed by atoms with Crippen LogP contribution in [0.3, 0.4) is 0 Å². The molecule has 8 heteroatoms. The van der Waals surface area contributed by atoms with Gasteiger partial charge in [-0.05, 0) is 52.7 Å². The number of hydrogen-bond acceptors (Lipinski definition) is 6. The van der Waals surface area contributed by atoms with Crippen LogP contribution in [0.4, 0.5) is 10.6 Å². The van der Waals surface area contributed by atoms with Crippen LogP contribution in [0.25, 0.3) is 17.0 Å². The highest BCUT2D eigenvalue weighted by Crippen LogP contribution is 2.25. The molecule has 1 saturated heterocycles. The molecule has 30 heavy (non-hydrogen) atoms. The second-order valence-corrected chi connectivity index (χ2v) is 8.76. The van der Waals surface area contributed by atoms with E-state index in [0.717, 1.165) is 36.6 Å². The quantitative estimate of drug-likeness (QED) is 0.712. The van der Waals surface area contributed by atoms with Gasteiger partial charge in [0.2, 0.25) is 0 Å².